The zero-order valence-electron chi connectivity index (χ0n) is 24.7. The van der Waals surface area contributed by atoms with E-state index in [1.807, 2.05) is 35.2 Å². The Balaban J connectivity index is 1.15. The van der Waals surface area contributed by atoms with Crippen molar-refractivity contribution in [2.75, 3.05) is 51.1 Å². The van der Waals surface area contributed by atoms with E-state index < -0.39 is 0 Å². The maximum Gasteiger partial charge on any atom is 0.253 e. The molecule has 0 aliphatic carbocycles. The number of fused-ring (bicyclic) bond motifs is 3. The lowest BCUT2D eigenvalue weighted by Crippen LogP contribution is -2.49. The topological polar surface area (TPSA) is 85.8 Å². The second-order valence-electron chi connectivity index (χ2n) is 10.9. The summed E-state index contributed by atoms with van der Waals surface area (Å²) in [6.07, 6.45) is 2.86. The van der Waals surface area contributed by atoms with Crippen LogP contribution in [-0.4, -0.2) is 77.2 Å². The van der Waals surface area contributed by atoms with Crippen molar-refractivity contribution in [1.29, 1.82) is 0 Å². The van der Waals surface area contributed by atoms with Crippen molar-refractivity contribution in [2.24, 2.45) is 4.99 Å². The molecule has 226 valence electrons. The number of aromatic nitrogens is 2. The van der Waals surface area contributed by atoms with Gasteiger partial charge in [0.2, 0.25) is 5.95 Å². The number of rotatable bonds is 9. The van der Waals surface area contributed by atoms with Crippen molar-refractivity contribution in [3.8, 4) is 11.3 Å². The Hall–Kier alpha value is -4.18. The van der Waals surface area contributed by atoms with E-state index in [4.69, 9.17) is 21.6 Å². The highest BCUT2D eigenvalue weighted by molar-refractivity contribution is 6.31. The lowest BCUT2D eigenvalue weighted by atomic mass is 9.95. The van der Waals surface area contributed by atoms with Gasteiger partial charge < -0.3 is 15.5 Å². The SMILES string of the molecule is CCNCCCN1CCN(C(=O)c2ccc(Nc3ncc4c(n3)-c3ccc(Cl)cc3C(c3ccccc3F)=NC4)cc2)CC1. The number of carbonyl (C=O) groups excluding carboxylic acids is 1. The fourth-order valence-corrected chi connectivity index (χ4v) is 5.83. The van der Waals surface area contributed by atoms with E-state index in [0.29, 0.717) is 45.6 Å². The summed E-state index contributed by atoms with van der Waals surface area (Å²) >= 11 is 6.38. The Morgan fingerprint density at radius 1 is 0.977 bits per heavy atom. The molecular formula is C34H35ClFN7O. The zero-order chi connectivity index (χ0) is 30.5. The summed E-state index contributed by atoms with van der Waals surface area (Å²) in [7, 11) is 0. The van der Waals surface area contributed by atoms with Gasteiger partial charge in [-0.2, -0.15) is 0 Å². The molecule has 44 heavy (non-hydrogen) atoms. The molecule has 0 unspecified atom stereocenters. The molecule has 2 aliphatic rings. The van der Waals surface area contributed by atoms with Crippen LogP contribution in [0.15, 0.2) is 77.9 Å². The summed E-state index contributed by atoms with van der Waals surface area (Å²) in [6, 6.07) is 19.5. The molecule has 0 bridgehead atoms. The Labute approximate surface area is 262 Å². The van der Waals surface area contributed by atoms with Crippen LogP contribution >= 0.6 is 11.6 Å². The third-order valence-electron chi connectivity index (χ3n) is 8.02. The number of nitrogens with one attached hydrogen (secondary N) is 2. The van der Waals surface area contributed by atoms with E-state index in [1.54, 1.807) is 36.5 Å². The molecule has 1 amide bonds. The van der Waals surface area contributed by atoms with Gasteiger partial charge in [0.25, 0.3) is 5.91 Å². The van der Waals surface area contributed by atoms with Gasteiger partial charge in [-0.3, -0.25) is 14.7 Å². The summed E-state index contributed by atoms with van der Waals surface area (Å²) in [5.41, 5.74) is 5.39. The van der Waals surface area contributed by atoms with E-state index in [0.717, 1.165) is 69.0 Å². The van der Waals surface area contributed by atoms with Gasteiger partial charge >= 0.3 is 0 Å². The van der Waals surface area contributed by atoms with Crippen molar-refractivity contribution in [3.05, 3.63) is 106 Å². The van der Waals surface area contributed by atoms with Gasteiger partial charge in [0.1, 0.15) is 5.82 Å². The number of hydrogen-bond acceptors (Lipinski definition) is 7. The number of piperazine rings is 1. The second kappa shape index (κ2) is 13.6. The summed E-state index contributed by atoms with van der Waals surface area (Å²) < 4.78 is 14.8. The number of anilines is 2. The molecule has 2 aliphatic heterocycles. The molecular weight excluding hydrogens is 577 g/mol. The van der Waals surface area contributed by atoms with E-state index in [1.165, 1.54) is 6.07 Å². The van der Waals surface area contributed by atoms with E-state index in [2.05, 4.69) is 27.4 Å². The van der Waals surface area contributed by atoms with Crippen molar-refractivity contribution in [3.63, 3.8) is 0 Å². The molecule has 0 radical (unpaired) electrons. The lowest BCUT2D eigenvalue weighted by molar-refractivity contribution is 0.0636. The van der Waals surface area contributed by atoms with Crippen molar-refractivity contribution in [2.45, 2.75) is 19.9 Å². The second-order valence-corrected chi connectivity index (χ2v) is 11.4. The smallest absolute Gasteiger partial charge is 0.253 e. The summed E-state index contributed by atoms with van der Waals surface area (Å²) in [5, 5.41) is 7.16. The lowest BCUT2D eigenvalue weighted by Gasteiger charge is -2.34. The summed E-state index contributed by atoms with van der Waals surface area (Å²) in [5.74, 6) is 0.103. The van der Waals surface area contributed by atoms with Crippen LogP contribution in [0.4, 0.5) is 16.0 Å². The molecule has 8 nitrogen and oxygen atoms in total. The molecule has 1 aromatic heterocycles. The minimum absolute atomic E-state index is 0.0473. The van der Waals surface area contributed by atoms with Crippen LogP contribution in [0.2, 0.25) is 5.02 Å². The fourth-order valence-electron chi connectivity index (χ4n) is 5.65. The minimum Gasteiger partial charge on any atom is -0.336 e. The standard InChI is InChI=1S/C34H35ClFN7O/c1-2-37-14-5-15-42-16-18-43(19-17-42)33(44)23-8-11-26(12-9-23)40-34-39-22-24-21-38-32(28-6-3-4-7-30(28)36)29-20-25(35)10-13-27(29)31(24)41-34/h3-4,6-13,20,22,37H,2,5,14-19,21H2,1H3,(H,39,40,41). The molecule has 3 aromatic carbocycles. The number of aliphatic imine (C=N–C) groups is 1. The van der Waals surface area contributed by atoms with Gasteiger partial charge in [0.05, 0.1) is 18.0 Å². The van der Waals surface area contributed by atoms with Crippen LogP contribution in [0.3, 0.4) is 0 Å². The Bertz CT molecular complexity index is 1670. The number of carbonyl (C=O) groups is 1. The molecule has 3 heterocycles. The van der Waals surface area contributed by atoms with Gasteiger partial charge in [-0.1, -0.05) is 36.7 Å². The van der Waals surface area contributed by atoms with Gasteiger partial charge in [0.15, 0.2) is 0 Å². The monoisotopic (exact) mass is 611 g/mol. The Morgan fingerprint density at radius 2 is 1.77 bits per heavy atom. The van der Waals surface area contributed by atoms with Crippen LogP contribution in [-0.2, 0) is 6.54 Å². The summed E-state index contributed by atoms with van der Waals surface area (Å²) in [6.45, 7) is 8.76. The van der Waals surface area contributed by atoms with Gasteiger partial charge in [-0.25, -0.2) is 14.4 Å². The molecule has 2 N–H and O–H groups in total. The first-order valence-corrected chi connectivity index (χ1v) is 15.4. The van der Waals surface area contributed by atoms with Crippen molar-refractivity contribution < 1.29 is 9.18 Å². The van der Waals surface area contributed by atoms with Crippen LogP contribution in [0.1, 0.15) is 40.4 Å². The fraction of sp³-hybridized carbons (Fsp3) is 0.294. The average Bonchev–Trinajstić information content (AvgIpc) is 3.20. The third kappa shape index (κ3) is 6.65. The first-order chi connectivity index (χ1) is 21.5. The quantitative estimate of drug-likeness (QED) is 0.233. The van der Waals surface area contributed by atoms with Crippen LogP contribution < -0.4 is 10.6 Å². The maximum absolute atomic E-state index is 14.8. The van der Waals surface area contributed by atoms with E-state index in [-0.39, 0.29) is 11.7 Å². The molecule has 0 atom stereocenters. The third-order valence-corrected chi connectivity index (χ3v) is 8.25. The Kier molecular flexibility index (Phi) is 9.26. The Morgan fingerprint density at radius 3 is 2.55 bits per heavy atom. The molecule has 0 saturated carbocycles. The number of amides is 1. The number of hydrogen-bond donors (Lipinski definition) is 2. The first-order valence-electron chi connectivity index (χ1n) is 15.0. The van der Waals surface area contributed by atoms with Gasteiger partial charge in [-0.05, 0) is 74.6 Å². The number of nitrogens with zero attached hydrogens (tertiary/aromatic N) is 5. The first kappa shape index (κ1) is 29.9. The van der Waals surface area contributed by atoms with Gasteiger partial charge in [-0.15, -0.1) is 0 Å². The zero-order valence-corrected chi connectivity index (χ0v) is 25.4. The minimum atomic E-state index is -0.351. The van der Waals surface area contributed by atoms with Crippen LogP contribution in [0, 0.1) is 5.82 Å². The van der Waals surface area contributed by atoms with Crippen molar-refractivity contribution >= 4 is 34.9 Å². The van der Waals surface area contributed by atoms with Crippen LogP contribution in [0.5, 0.6) is 0 Å². The predicted molar refractivity (Wildman–Crippen MR) is 173 cm³/mol. The maximum atomic E-state index is 14.8. The molecule has 0 spiro atoms. The molecule has 6 rings (SSSR count). The highest BCUT2D eigenvalue weighted by atomic mass is 35.5. The van der Waals surface area contributed by atoms with E-state index in [9.17, 15) is 9.18 Å². The number of halogens is 2. The van der Waals surface area contributed by atoms with E-state index >= 15 is 0 Å². The molecule has 10 heteroatoms. The molecule has 4 aromatic rings. The van der Waals surface area contributed by atoms with Crippen molar-refractivity contribution in [1.82, 2.24) is 25.1 Å². The van der Waals surface area contributed by atoms with Crippen LogP contribution in [0.25, 0.3) is 11.3 Å². The molecule has 1 saturated heterocycles. The largest absolute Gasteiger partial charge is 0.336 e. The normalized spacial score (nSPS) is 14.8. The average molecular weight is 612 g/mol. The number of benzene rings is 3. The molecule has 1 fully saturated rings. The highest BCUT2D eigenvalue weighted by Gasteiger charge is 2.24. The van der Waals surface area contributed by atoms with Gasteiger partial charge in [0, 0.05) is 70.9 Å². The highest BCUT2D eigenvalue weighted by Crippen LogP contribution is 2.34. The predicted octanol–water partition coefficient (Wildman–Crippen LogP) is 5.79. The summed E-state index contributed by atoms with van der Waals surface area (Å²) in [4.78, 5) is 31.7.